The third-order valence-electron chi connectivity index (χ3n) is 1.46. The normalized spacial score (nSPS) is 11.1. The van der Waals surface area contributed by atoms with Crippen molar-refractivity contribution in [3.05, 3.63) is 25.6 Å². The van der Waals surface area contributed by atoms with Crippen molar-refractivity contribution >= 4 is 34.6 Å². The molecule has 1 rings (SSSR count). The number of ether oxygens (including phenoxy) is 1. The smallest absolute Gasteiger partial charge is 0.398 e. The number of pyridine rings is 1. The number of alkyl halides is 3. The van der Waals surface area contributed by atoms with E-state index in [9.17, 15) is 28.1 Å². The summed E-state index contributed by atoms with van der Waals surface area (Å²) in [5.41, 5.74) is -1.33. The van der Waals surface area contributed by atoms with E-state index in [4.69, 9.17) is 0 Å². The van der Waals surface area contributed by atoms with Crippen LogP contribution in [0.25, 0.3) is 0 Å². The quantitative estimate of drug-likeness (QED) is 0.271. The summed E-state index contributed by atoms with van der Waals surface area (Å²) in [6.45, 7) is 0. The Morgan fingerprint density at radius 3 is 2.53 bits per heavy atom. The van der Waals surface area contributed by atoms with Crippen molar-refractivity contribution < 1.29 is 27.6 Å². The molecule has 0 aliphatic carbocycles. The predicted molar refractivity (Wildman–Crippen MR) is 55.7 cm³/mol. The molecule has 0 atom stereocenters. The zero-order chi connectivity index (χ0) is 13.2. The SMILES string of the molecule is O=Cc1cc(OC(F)(F)F)c([N+](=O)[O-])c(I)n1. The Morgan fingerprint density at radius 2 is 2.12 bits per heavy atom. The third-order valence-corrected chi connectivity index (χ3v) is 2.22. The molecule has 6 nitrogen and oxygen atoms in total. The van der Waals surface area contributed by atoms with Crippen LogP contribution in [0.2, 0.25) is 0 Å². The number of carbonyl (C=O) groups excluding carboxylic acids is 1. The number of nitrogens with zero attached hydrogens (tertiary/aromatic N) is 2. The minimum Gasteiger partial charge on any atom is -0.398 e. The maximum atomic E-state index is 12.0. The van der Waals surface area contributed by atoms with E-state index >= 15 is 0 Å². The molecule has 0 aromatic carbocycles. The lowest BCUT2D eigenvalue weighted by molar-refractivity contribution is -0.390. The van der Waals surface area contributed by atoms with Crippen molar-refractivity contribution in [3.63, 3.8) is 0 Å². The summed E-state index contributed by atoms with van der Waals surface area (Å²) in [4.78, 5) is 23.3. The predicted octanol–water partition coefficient (Wildman–Crippen LogP) is 2.31. The van der Waals surface area contributed by atoms with Gasteiger partial charge in [0, 0.05) is 6.07 Å². The summed E-state index contributed by atoms with van der Waals surface area (Å²) in [6, 6.07) is 0.556. The highest BCUT2D eigenvalue weighted by atomic mass is 127. The molecule has 0 fully saturated rings. The van der Waals surface area contributed by atoms with Gasteiger partial charge in [-0.15, -0.1) is 13.2 Å². The topological polar surface area (TPSA) is 82.3 Å². The van der Waals surface area contributed by atoms with Gasteiger partial charge in [0.25, 0.3) is 0 Å². The van der Waals surface area contributed by atoms with Gasteiger partial charge in [-0.25, -0.2) is 4.98 Å². The molecule has 0 unspecified atom stereocenters. The van der Waals surface area contributed by atoms with Crippen LogP contribution < -0.4 is 4.74 Å². The number of aromatic nitrogens is 1. The Morgan fingerprint density at radius 1 is 1.53 bits per heavy atom. The number of aldehydes is 1. The van der Waals surface area contributed by atoms with Crippen molar-refractivity contribution in [1.29, 1.82) is 0 Å². The molecule has 0 bridgehead atoms. The molecule has 0 N–H and O–H groups in total. The highest BCUT2D eigenvalue weighted by Crippen LogP contribution is 2.34. The van der Waals surface area contributed by atoms with Crippen molar-refractivity contribution in [2.45, 2.75) is 6.36 Å². The van der Waals surface area contributed by atoms with E-state index in [2.05, 4.69) is 9.72 Å². The van der Waals surface area contributed by atoms with E-state index in [0.717, 1.165) is 0 Å². The van der Waals surface area contributed by atoms with Gasteiger partial charge in [0.1, 0.15) is 5.69 Å². The second-order valence-electron chi connectivity index (χ2n) is 2.61. The average molecular weight is 362 g/mol. The van der Waals surface area contributed by atoms with Crippen LogP contribution in [0.15, 0.2) is 6.07 Å². The molecule has 1 aromatic rings. The molecular formula is C7H2F3IN2O4. The third kappa shape index (κ3) is 3.51. The molecular weight excluding hydrogens is 360 g/mol. The summed E-state index contributed by atoms with van der Waals surface area (Å²) in [5, 5.41) is 10.6. The van der Waals surface area contributed by atoms with Crippen LogP contribution in [-0.2, 0) is 0 Å². The fourth-order valence-corrected chi connectivity index (χ4v) is 1.67. The summed E-state index contributed by atoms with van der Waals surface area (Å²) < 4.78 is 39.1. The lowest BCUT2D eigenvalue weighted by Gasteiger charge is -2.09. The van der Waals surface area contributed by atoms with Gasteiger partial charge in [-0.3, -0.25) is 14.9 Å². The first-order chi connectivity index (χ1) is 7.74. The molecule has 10 heteroatoms. The van der Waals surface area contributed by atoms with Crippen LogP contribution in [0.3, 0.4) is 0 Å². The van der Waals surface area contributed by atoms with Crippen molar-refractivity contribution in [3.8, 4) is 5.75 Å². The summed E-state index contributed by atoms with van der Waals surface area (Å²) in [6.07, 6.45) is -4.93. The highest BCUT2D eigenvalue weighted by Gasteiger charge is 2.36. The van der Waals surface area contributed by atoms with Gasteiger partial charge in [0.05, 0.1) is 4.92 Å². The van der Waals surface area contributed by atoms with Crippen LogP contribution in [0, 0.1) is 13.8 Å². The lowest BCUT2D eigenvalue weighted by atomic mass is 10.3. The maximum absolute atomic E-state index is 12.0. The van der Waals surface area contributed by atoms with E-state index in [0.29, 0.717) is 6.07 Å². The minimum atomic E-state index is -5.09. The number of hydrogen-bond donors (Lipinski definition) is 0. The van der Waals surface area contributed by atoms with Crippen LogP contribution in [0.4, 0.5) is 18.9 Å². The second kappa shape index (κ2) is 4.81. The first-order valence-electron chi connectivity index (χ1n) is 3.80. The lowest BCUT2D eigenvalue weighted by Crippen LogP contribution is -2.18. The first kappa shape index (κ1) is 13.6. The van der Waals surface area contributed by atoms with Gasteiger partial charge in [-0.2, -0.15) is 0 Å². The molecule has 0 radical (unpaired) electrons. The van der Waals surface area contributed by atoms with Crippen molar-refractivity contribution in [1.82, 2.24) is 4.98 Å². The van der Waals surface area contributed by atoms with Gasteiger partial charge in [-0.1, -0.05) is 0 Å². The van der Waals surface area contributed by atoms with Gasteiger partial charge in [-0.05, 0) is 22.6 Å². The Balaban J connectivity index is 3.37. The maximum Gasteiger partial charge on any atom is 0.573 e. The Labute approximate surface area is 105 Å². The highest BCUT2D eigenvalue weighted by molar-refractivity contribution is 14.1. The molecule has 0 spiro atoms. The van der Waals surface area contributed by atoms with E-state index in [1.807, 2.05) is 0 Å². The van der Waals surface area contributed by atoms with Crippen LogP contribution in [0.1, 0.15) is 10.5 Å². The molecule has 92 valence electrons. The Hall–Kier alpha value is -1.46. The summed E-state index contributed by atoms with van der Waals surface area (Å²) >= 11 is 1.34. The molecule has 0 amide bonds. The van der Waals surface area contributed by atoms with Gasteiger partial charge in [0.2, 0.25) is 5.75 Å². The Kier molecular flexibility index (Phi) is 3.85. The van der Waals surface area contributed by atoms with E-state index in [-0.39, 0.29) is 15.7 Å². The number of rotatable bonds is 3. The molecule has 17 heavy (non-hydrogen) atoms. The number of carbonyl (C=O) groups is 1. The zero-order valence-electron chi connectivity index (χ0n) is 7.69. The minimum absolute atomic E-state index is 0.162. The zero-order valence-corrected chi connectivity index (χ0v) is 9.85. The number of halogens is 4. The monoisotopic (exact) mass is 362 g/mol. The number of nitro groups is 1. The van der Waals surface area contributed by atoms with Crippen molar-refractivity contribution in [2.75, 3.05) is 0 Å². The van der Waals surface area contributed by atoms with Gasteiger partial charge < -0.3 is 4.74 Å². The number of hydrogen-bond acceptors (Lipinski definition) is 5. The summed E-state index contributed by atoms with van der Waals surface area (Å²) in [5.74, 6) is -1.07. The van der Waals surface area contributed by atoms with E-state index in [1.165, 1.54) is 22.6 Å². The largest absolute Gasteiger partial charge is 0.573 e. The molecule has 0 saturated carbocycles. The molecule has 0 aliphatic heterocycles. The van der Waals surface area contributed by atoms with Crippen LogP contribution in [0.5, 0.6) is 5.75 Å². The average Bonchev–Trinajstić information content (AvgIpc) is 2.13. The Bertz CT molecular complexity index is 477. The molecule has 1 heterocycles. The van der Waals surface area contributed by atoms with Crippen LogP contribution in [-0.4, -0.2) is 22.6 Å². The molecule has 0 saturated heterocycles. The standard InChI is InChI=1S/C7H2F3IN2O4/c8-7(9,10)17-4-1-3(2-14)12-6(11)5(4)13(15)16/h1-2H. The molecule has 1 aromatic heterocycles. The van der Waals surface area contributed by atoms with E-state index in [1.54, 1.807) is 0 Å². The fraction of sp³-hybridized carbons (Fsp3) is 0.143. The van der Waals surface area contributed by atoms with Gasteiger partial charge in [0.15, 0.2) is 9.99 Å². The fourth-order valence-electron chi connectivity index (χ4n) is 0.931. The second-order valence-corrected chi connectivity index (χ2v) is 3.63. The van der Waals surface area contributed by atoms with Gasteiger partial charge >= 0.3 is 12.0 Å². The molecule has 0 aliphatic rings. The van der Waals surface area contributed by atoms with E-state index < -0.39 is 22.7 Å². The first-order valence-corrected chi connectivity index (χ1v) is 4.88. The van der Waals surface area contributed by atoms with Crippen LogP contribution >= 0.6 is 22.6 Å². The van der Waals surface area contributed by atoms with Crippen molar-refractivity contribution in [2.24, 2.45) is 0 Å². The summed E-state index contributed by atoms with van der Waals surface area (Å²) in [7, 11) is 0.